The second kappa shape index (κ2) is 4.58. The Morgan fingerprint density at radius 2 is 1.65 bits per heavy atom. The van der Waals surface area contributed by atoms with E-state index in [0.29, 0.717) is 0 Å². The Hall–Kier alpha value is -2.46. The van der Waals surface area contributed by atoms with Crippen LogP contribution in [0.5, 0.6) is 0 Å². The smallest absolute Gasteiger partial charge is 0.136 e. The van der Waals surface area contributed by atoms with Gasteiger partial charge in [-0.3, -0.25) is 9.97 Å². The maximum absolute atomic E-state index is 5.49. The summed E-state index contributed by atoms with van der Waals surface area (Å²) in [4.78, 5) is 10.2. The van der Waals surface area contributed by atoms with Gasteiger partial charge in [-0.05, 0) is 29.6 Å². The summed E-state index contributed by atoms with van der Waals surface area (Å²) in [7, 11) is 0. The fourth-order valence-corrected chi connectivity index (χ4v) is 3.07. The summed E-state index contributed by atoms with van der Waals surface area (Å²) in [6, 6.07) is 12.1. The lowest BCUT2D eigenvalue weighted by molar-refractivity contribution is 0.583. The normalized spacial score (nSPS) is 11.0. The lowest BCUT2D eigenvalue weighted by Gasteiger charge is -2.06. The highest BCUT2D eigenvalue weighted by atomic mass is 32.1. The quantitative estimate of drug-likeness (QED) is 0.537. The summed E-state index contributed by atoms with van der Waals surface area (Å²) in [6.45, 7) is 0. The summed E-state index contributed by atoms with van der Waals surface area (Å²) in [6.07, 6.45) is 5.11. The van der Waals surface area contributed by atoms with E-state index in [9.17, 15) is 0 Å². The molecule has 0 unspecified atom stereocenters. The molecule has 1 aromatic carbocycles. The zero-order valence-corrected chi connectivity index (χ0v) is 11.3. The molecule has 4 rings (SSSR count). The molecule has 96 valence electrons. The first-order valence-corrected chi connectivity index (χ1v) is 7.13. The average Bonchev–Trinajstić information content (AvgIpc) is 3.19. The van der Waals surface area contributed by atoms with Crippen molar-refractivity contribution in [1.29, 1.82) is 0 Å². The molecular weight excluding hydrogens is 268 g/mol. The molecule has 0 bridgehead atoms. The van der Waals surface area contributed by atoms with Crippen LogP contribution in [0.4, 0.5) is 0 Å². The molecule has 0 amide bonds. The van der Waals surface area contributed by atoms with Crippen LogP contribution in [0.25, 0.3) is 32.8 Å². The summed E-state index contributed by atoms with van der Waals surface area (Å²) >= 11 is 1.70. The second-order valence-corrected chi connectivity index (χ2v) is 5.32. The predicted molar refractivity (Wildman–Crippen MR) is 80.6 cm³/mol. The Balaban J connectivity index is 2.05. The van der Waals surface area contributed by atoms with Gasteiger partial charge in [-0.2, -0.15) is 0 Å². The van der Waals surface area contributed by atoms with E-state index in [1.807, 2.05) is 24.3 Å². The molecule has 0 fully saturated rings. The number of furan rings is 1. The van der Waals surface area contributed by atoms with Crippen molar-refractivity contribution in [3.05, 3.63) is 60.4 Å². The SMILES string of the molecule is c1coc(-c2ccc(-c3cccs3)c3nccnc23)c1. The van der Waals surface area contributed by atoms with Crippen molar-refractivity contribution in [3.63, 3.8) is 0 Å². The first kappa shape index (κ1) is 11.4. The molecule has 0 atom stereocenters. The van der Waals surface area contributed by atoms with Crippen molar-refractivity contribution in [3.8, 4) is 21.8 Å². The zero-order chi connectivity index (χ0) is 13.4. The van der Waals surface area contributed by atoms with Gasteiger partial charge >= 0.3 is 0 Å². The van der Waals surface area contributed by atoms with Crippen LogP contribution in [0.15, 0.2) is 64.9 Å². The Bertz CT molecular complexity index is 779. The Morgan fingerprint density at radius 3 is 2.35 bits per heavy atom. The Kier molecular flexibility index (Phi) is 2.60. The lowest BCUT2D eigenvalue weighted by atomic mass is 10.0. The second-order valence-electron chi connectivity index (χ2n) is 4.37. The average molecular weight is 278 g/mol. The largest absolute Gasteiger partial charge is 0.464 e. The highest BCUT2D eigenvalue weighted by molar-refractivity contribution is 7.13. The number of rotatable bonds is 2. The molecule has 0 spiro atoms. The monoisotopic (exact) mass is 278 g/mol. The van der Waals surface area contributed by atoms with Crippen LogP contribution in [-0.4, -0.2) is 9.97 Å². The van der Waals surface area contributed by atoms with Crippen molar-refractivity contribution >= 4 is 22.4 Å². The maximum Gasteiger partial charge on any atom is 0.136 e. The number of aromatic nitrogens is 2. The van der Waals surface area contributed by atoms with E-state index in [2.05, 4.69) is 27.5 Å². The van der Waals surface area contributed by atoms with Crippen LogP contribution in [0.1, 0.15) is 0 Å². The molecule has 0 aliphatic rings. The predicted octanol–water partition coefficient (Wildman–Crippen LogP) is 4.62. The topological polar surface area (TPSA) is 38.9 Å². The van der Waals surface area contributed by atoms with Crippen molar-refractivity contribution in [2.45, 2.75) is 0 Å². The summed E-state index contributed by atoms with van der Waals surface area (Å²) in [5.41, 5.74) is 3.86. The molecule has 3 heterocycles. The van der Waals surface area contributed by atoms with Crippen LogP contribution in [-0.2, 0) is 0 Å². The van der Waals surface area contributed by atoms with Gasteiger partial charge in [0.1, 0.15) is 11.3 Å². The zero-order valence-electron chi connectivity index (χ0n) is 10.5. The van der Waals surface area contributed by atoms with Crippen molar-refractivity contribution < 1.29 is 4.42 Å². The van der Waals surface area contributed by atoms with Crippen LogP contribution in [0.3, 0.4) is 0 Å². The standard InChI is InChI=1S/C16H10N2OS/c1-3-13(19-9-1)11-5-6-12(14-4-2-10-20-14)16-15(11)17-7-8-18-16/h1-10H. The minimum absolute atomic E-state index is 0.813. The fraction of sp³-hybridized carbons (Fsp3) is 0. The molecule has 20 heavy (non-hydrogen) atoms. The van der Waals surface area contributed by atoms with E-state index in [1.54, 1.807) is 30.0 Å². The van der Waals surface area contributed by atoms with Crippen LogP contribution in [0, 0.1) is 0 Å². The van der Waals surface area contributed by atoms with Crippen molar-refractivity contribution in [2.75, 3.05) is 0 Å². The third-order valence-electron chi connectivity index (χ3n) is 3.20. The summed E-state index contributed by atoms with van der Waals surface area (Å²) in [5.74, 6) is 0.813. The van der Waals surface area contributed by atoms with Crippen molar-refractivity contribution in [2.24, 2.45) is 0 Å². The third kappa shape index (κ3) is 1.73. The number of benzene rings is 1. The number of nitrogens with zero attached hydrogens (tertiary/aromatic N) is 2. The van der Waals surface area contributed by atoms with E-state index < -0.39 is 0 Å². The lowest BCUT2D eigenvalue weighted by Crippen LogP contribution is -1.89. The Labute approximate surface area is 119 Å². The summed E-state index contributed by atoms with van der Waals surface area (Å²) in [5, 5.41) is 2.07. The molecule has 0 N–H and O–H groups in total. The molecule has 0 saturated heterocycles. The van der Waals surface area contributed by atoms with E-state index in [4.69, 9.17) is 4.42 Å². The molecule has 3 aromatic heterocycles. The van der Waals surface area contributed by atoms with Gasteiger partial charge in [-0.1, -0.05) is 12.1 Å². The summed E-state index contributed by atoms with van der Waals surface area (Å²) < 4.78 is 5.49. The number of fused-ring (bicyclic) bond motifs is 1. The van der Waals surface area contributed by atoms with Crippen LogP contribution < -0.4 is 0 Å². The molecular formula is C16H10N2OS. The molecule has 0 saturated carbocycles. The molecule has 0 aliphatic carbocycles. The fourth-order valence-electron chi connectivity index (χ4n) is 2.32. The first-order chi connectivity index (χ1) is 9.93. The minimum atomic E-state index is 0.813. The van der Waals surface area contributed by atoms with E-state index in [1.165, 1.54) is 4.88 Å². The van der Waals surface area contributed by atoms with E-state index in [-0.39, 0.29) is 0 Å². The van der Waals surface area contributed by atoms with Crippen molar-refractivity contribution in [1.82, 2.24) is 9.97 Å². The molecule has 3 nitrogen and oxygen atoms in total. The molecule has 4 aromatic rings. The highest BCUT2D eigenvalue weighted by Gasteiger charge is 2.13. The first-order valence-electron chi connectivity index (χ1n) is 6.25. The minimum Gasteiger partial charge on any atom is -0.464 e. The molecule has 0 radical (unpaired) electrons. The van der Waals surface area contributed by atoms with Gasteiger partial charge in [0, 0.05) is 28.4 Å². The number of hydrogen-bond acceptors (Lipinski definition) is 4. The molecule has 4 heteroatoms. The molecule has 0 aliphatic heterocycles. The highest BCUT2D eigenvalue weighted by Crippen LogP contribution is 2.35. The number of hydrogen-bond donors (Lipinski definition) is 0. The van der Waals surface area contributed by atoms with Gasteiger partial charge in [0.25, 0.3) is 0 Å². The van der Waals surface area contributed by atoms with Gasteiger partial charge in [-0.15, -0.1) is 11.3 Å². The van der Waals surface area contributed by atoms with Crippen LogP contribution in [0.2, 0.25) is 0 Å². The third-order valence-corrected chi connectivity index (χ3v) is 4.10. The Morgan fingerprint density at radius 1 is 0.850 bits per heavy atom. The van der Waals surface area contributed by atoms with E-state index >= 15 is 0 Å². The van der Waals surface area contributed by atoms with E-state index in [0.717, 1.165) is 27.9 Å². The van der Waals surface area contributed by atoms with Gasteiger partial charge in [0.15, 0.2) is 0 Å². The van der Waals surface area contributed by atoms with Gasteiger partial charge in [-0.25, -0.2) is 0 Å². The van der Waals surface area contributed by atoms with Gasteiger partial charge in [0.05, 0.1) is 11.8 Å². The maximum atomic E-state index is 5.49. The van der Waals surface area contributed by atoms with Gasteiger partial charge < -0.3 is 4.42 Å². The van der Waals surface area contributed by atoms with Gasteiger partial charge in [0.2, 0.25) is 0 Å². The number of thiophene rings is 1. The van der Waals surface area contributed by atoms with Crippen LogP contribution >= 0.6 is 11.3 Å².